The molecule has 0 saturated carbocycles. The molecule has 0 aromatic heterocycles. The molecule has 0 saturated heterocycles. The minimum Gasteiger partial charge on any atom is -0.207 e. The lowest BCUT2D eigenvalue weighted by atomic mass is 10.0. The highest BCUT2D eigenvalue weighted by Gasteiger charge is 2.15. The average Bonchev–Trinajstić information content (AvgIpc) is 2.35. The van der Waals surface area contributed by atoms with Gasteiger partial charge in [-0.25, -0.2) is 4.39 Å². The highest BCUT2D eigenvalue weighted by Crippen LogP contribution is 2.36. The van der Waals surface area contributed by atoms with Crippen LogP contribution < -0.4 is 0 Å². The maximum absolute atomic E-state index is 13.6. The standard InChI is InChI=1S/C14H10BrCl2F/c15-11(8-9-4-1-2-7-13(9)18)10-5-3-6-12(16)14(10)17/h1-7,11H,8H2. The van der Waals surface area contributed by atoms with E-state index in [1.807, 2.05) is 18.2 Å². The molecule has 4 heteroatoms. The van der Waals surface area contributed by atoms with Crippen molar-refractivity contribution in [2.24, 2.45) is 0 Å². The molecule has 1 atom stereocenters. The van der Waals surface area contributed by atoms with Gasteiger partial charge in [-0.1, -0.05) is 69.5 Å². The summed E-state index contributed by atoms with van der Waals surface area (Å²) >= 11 is 15.6. The summed E-state index contributed by atoms with van der Waals surface area (Å²) in [4.78, 5) is -0.0689. The normalized spacial score (nSPS) is 12.4. The lowest BCUT2D eigenvalue weighted by Crippen LogP contribution is -1.99. The van der Waals surface area contributed by atoms with Gasteiger partial charge in [-0.3, -0.25) is 0 Å². The summed E-state index contributed by atoms with van der Waals surface area (Å²) in [5.41, 5.74) is 1.52. The minimum absolute atomic E-state index is 0.0689. The Balaban J connectivity index is 2.25. The molecule has 94 valence electrons. The van der Waals surface area contributed by atoms with Gasteiger partial charge in [0.1, 0.15) is 5.82 Å². The first-order valence-corrected chi connectivity index (χ1v) is 7.08. The Bertz CT molecular complexity index is 557. The van der Waals surface area contributed by atoms with Crippen molar-refractivity contribution < 1.29 is 4.39 Å². The Morgan fingerprint density at radius 3 is 2.50 bits per heavy atom. The molecule has 0 aliphatic rings. The SMILES string of the molecule is Fc1ccccc1CC(Br)c1cccc(Cl)c1Cl. The Morgan fingerprint density at radius 2 is 1.78 bits per heavy atom. The maximum Gasteiger partial charge on any atom is 0.126 e. The second-order valence-electron chi connectivity index (χ2n) is 3.91. The summed E-state index contributed by atoms with van der Waals surface area (Å²) in [5, 5.41) is 1.02. The van der Waals surface area contributed by atoms with Crippen molar-refractivity contribution in [3.8, 4) is 0 Å². The van der Waals surface area contributed by atoms with Crippen LogP contribution in [-0.2, 0) is 6.42 Å². The highest BCUT2D eigenvalue weighted by molar-refractivity contribution is 9.09. The van der Waals surface area contributed by atoms with E-state index < -0.39 is 0 Å². The van der Waals surface area contributed by atoms with Gasteiger partial charge >= 0.3 is 0 Å². The summed E-state index contributed by atoms with van der Waals surface area (Å²) in [6, 6.07) is 12.2. The van der Waals surface area contributed by atoms with Gasteiger partial charge in [0, 0.05) is 4.83 Å². The Hall–Kier alpha value is -0.570. The molecule has 0 spiro atoms. The second-order valence-corrected chi connectivity index (χ2v) is 5.80. The molecule has 0 aliphatic heterocycles. The topological polar surface area (TPSA) is 0 Å². The first-order chi connectivity index (χ1) is 8.59. The van der Waals surface area contributed by atoms with Crippen LogP contribution in [0.25, 0.3) is 0 Å². The van der Waals surface area contributed by atoms with Crippen LogP contribution in [0.2, 0.25) is 10.0 Å². The van der Waals surface area contributed by atoms with E-state index in [0.717, 1.165) is 5.56 Å². The first kappa shape index (κ1) is 13.9. The average molecular weight is 348 g/mol. The fourth-order valence-corrected chi connectivity index (χ4v) is 3.03. The Labute approximate surface area is 124 Å². The Morgan fingerprint density at radius 1 is 1.06 bits per heavy atom. The van der Waals surface area contributed by atoms with E-state index in [1.165, 1.54) is 6.07 Å². The van der Waals surface area contributed by atoms with Gasteiger partial charge in [-0.15, -0.1) is 0 Å². The third kappa shape index (κ3) is 3.05. The van der Waals surface area contributed by atoms with Gasteiger partial charge in [0.25, 0.3) is 0 Å². The van der Waals surface area contributed by atoms with E-state index in [-0.39, 0.29) is 10.6 Å². The smallest absolute Gasteiger partial charge is 0.126 e. The van der Waals surface area contributed by atoms with Gasteiger partial charge in [-0.05, 0) is 29.7 Å². The van der Waals surface area contributed by atoms with Gasteiger partial charge in [0.15, 0.2) is 0 Å². The maximum atomic E-state index is 13.6. The van der Waals surface area contributed by atoms with Crippen molar-refractivity contribution in [2.75, 3.05) is 0 Å². The largest absolute Gasteiger partial charge is 0.207 e. The lowest BCUT2D eigenvalue weighted by Gasteiger charge is -2.13. The molecule has 18 heavy (non-hydrogen) atoms. The summed E-state index contributed by atoms with van der Waals surface area (Å²) in [6.07, 6.45) is 0.521. The minimum atomic E-state index is -0.208. The molecule has 2 rings (SSSR count). The highest BCUT2D eigenvalue weighted by atomic mass is 79.9. The molecule has 1 unspecified atom stereocenters. The van der Waals surface area contributed by atoms with Crippen LogP contribution in [0.15, 0.2) is 42.5 Å². The fourth-order valence-electron chi connectivity index (χ4n) is 1.73. The number of hydrogen-bond acceptors (Lipinski definition) is 0. The van der Waals surface area contributed by atoms with Crippen LogP contribution >= 0.6 is 39.1 Å². The zero-order chi connectivity index (χ0) is 13.1. The molecule has 2 aromatic carbocycles. The summed E-state index contributed by atoms with van der Waals surface area (Å²) < 4.78 is 13.6. The molecular formula is C14H10BrCl2F. The predicted molar refractivity (Wildman–Crippen MR) is 78.2 cm³/mol. The molecule has 0 fully saturated rings. The molecule has 0 N–H and O–H groups in total. The van der Waals surface area contributed by atoms with E-state index in [9.17, 15) is 4.39 Å². The summed E-state index contributed by atoms with van der Waals surface area (Å²) in [7, 11) is 0. The van der Waals surface area contributed by atoms with E-state index in [2.05, 4.69) is 15.9 Å². The monoisotopic (exact) mass is 346 g/mol. The number of hydrogen-bond donors (Lipinski definition) is 0. The van der Waals surface area contributed by atoms with Crippen molar-refractivity contribution in [1.29, 1.82) is 0 Å². The van der Waals surface area contributed by atoms with Crippen LogP contribution in [0, 0.1) is 5.82 Å². The molecule has 0 amide bonds. The van der Waals surface area contributed by atoms with Crippen molar-refractivity contribution in [1.82, 2.24) is 0 Å². The number of benzene rings is 2. The lowest BCUT2D eigenvalue weighted by molar-refractivity contribution is 0.608. The van der Waals surface area contributed by atoms with Crippen molar-refractivity contribution in [3.05, 3.63) is 69.5 Å². The van der Waals surface area contributed by atoms with Crippen molar-refractivity contribution in [3.63, 3.8) is 0 Å². The van der Waals surface area contributed by atoms with Crippen LogP contribution in [0.5, 0.6) is 0 Å². The molecule has 0 heterocycles. The van der Waals surface area contributed by atoms with Crippen molar-refractivity contribution >= 4 is 39.1 Å². The molecule has 0 bridgehead atoms. The van der Waals surface area contributed by atoms with E-state index in [0.29, 0.717) is 22.0 Å². The fraction of sp³-hybridized carbons (Fsp3) is 0.143. The summed E-state index contributed by atoms with van der Waals surface area (Å²) in [5.74, 6) is -0.208. The predicted octanol–water partition coefficient (Wildman–Crippen LogP) is 5.81. The van der Waals surface area contributed by atoms with E-state index >= 15 is 0 Å². The molecule has 0 nitrogen and oxygen atoms in total. The zero-order valence-corrected chi connectivity index (χ0v) is 12.4. The molecule has 2 aromatic rings. The van der Waals surface area contributed by atoms with Crippen LogP contribution in [0.3, 0.4) is 0 Å². The van der Waals surface area contributed by atoms with Crippen LogP contribution in [-0.4, -0.2) is 0 Å². The number of rotatable bonds is 3. The number of alkyl halides is 1. The Kier molecular flexibility index (Phi) is 4.66. The quantitative estimate of drug-likeness (QED) is 0.614. The van der Waals surface area contributed by atoms with Crippen molar-refractivity contribution in [2.45, 2.75) is 11.2 Å². The molecular weight excluding hydrogens is 338 g/mol. The molecule has 0 aliphatic carbocycles. The van der Waals surface area contributed by atoms with E-state index in [4.69, 9.17) is 23.2 Å². The number of halogens is 4. The summed E-state index contributed by atoms with van der Waals surface area (Å²) in [6.45, 7) is 0. The third-order valence-corrected chi connectivity index (χ3v) is 4.33. The van der Waals surface area contributed by atoms with Crippen LogP contribution in [0.1, 0.15) is 16.0 Å². The van der Waals surface area contributed by atoms with Gasteiger partial charge in [-0.2, -0.15) is 0 Å². The van der Waals surface area contributed by atoms with Gasteiger partial charge < -0.3 is 0 Å². The molecule has 0 radical (unpaired) electrons. The zero-order valence-electron chi connectivity index (χ0n) is 9.34. The third-order valence-electron chi connectivity index (χ3n) is 2.68. The van der Waals surface area contributed by atoms with Gasteiger partial charge in [0.2, 0.25) is 0 Å². The van der Waals surface area contributed by atoms with Crippen LogP contribution in [0.4, 0.5) is 4.39 Å². The first-order valence-electron chi connectivity index (χ1n) is 5.41. The van der Waals surface area contributed by atoms with Gasteiger partial charge in [0.05, 0.1) is 10.0 Å². The second kappa shape index (κ2) is 6.05. The van der Waals surface area contributed by atoms with E-state index in [1.54, 1.807) is 18.2 Å².